The zero-order chi connectivity index (χ0) is 81.4. The van der Waals surface area contributed by atoms with Crippen molar-refractivity contribution in [2.75, 3.05) is 121 Å². The van der Waals surface area contributed by atoms with Crippen molar-refractivity contribution in [2.24, 2.45) is 10.8 Å². The summed E-state index contributed by atoms with van der Waals surface area (Å²) in [4.78, 5) is 104. The third kappa shape index (κ3) is 44.3. The van der Waals surface area contributed by atoms with Crippen LogP contribution in [0.1, 0.15) is 147 Å². The molecule has 1 aliphatic heterocycles. The largest absolute Gasteiger partial charge is 0.508 e. The van der Waals surface area contributed by atoms with Gasteiger partial charge in [0.1, 0.15) is 17.2 Å². The number of rotatable bonds is 61. The normalized spacial score (nSPS) is 12.4. The first kappa shape index (κ1) is 93.0. The van der Waals surface area contributed by atoms with Crippen LogP contribution in [-0.4, -0.2) is 203 Å². The van der Waals surface area contributed by atoms with Crippen molar-refractivity contribution in [3.63, 3.8) is 0 Å². The number of aromatic nitrogens is 3. The van der Waals surface area contributed by atoms with E-state index >= 15 is 0 Å². The Morgan fingerprint density at radius 2 is 0.885 bits per heavy atom. The Balaban J connectivity index is 1.10. The first-order valence-corrected chi connectivity index (χ1v) is 39.6. The smallest absolute Gasteiger partial charge is 0.319 e. The van der Waals surface area contributed by atoms with Crippen LogP contribution in [0.25, 0.3) is 0 Å². The van der Waals surface area contributed by atoms with Gasteiger partial charge >= 0.3 is 6.03 Å². The molecule has 9 amide bonds. The molecule has 0 aliphatic carbocycles. The minimum atomic E-state index is -1.18. The second kappa shape index (κ2) is 56.6. The van der Waals surface area contributed by atoms with Crippen LogP contribution in [0.4, 0.5) is 21.9 Å². The van der Waals surface area contributed by atoms with E-state index < -0.39 is 23.3 Å². The number of ether oxygens (including phenoxy) is 3. The summed E-state index contributed by atoms with van der Waals surface area (Å²) in [5, 5.41) is 81.0. The van der Waals surface area contributed by atoms with Crippen molar-refractivity contribution >= 4 is 99.1 Å². The third-order valence-corrected chi connectivity index (χ3v) is 18.0. The van der Waals surface area contributed by atoms with Crippen molar-refractivity contribution in [1.82, 2.24) is 73.1 Å². The van der Waals surface area contributed by atoms with Crippen molar-refractivity contribution in [2.45, 2.75) is 160 Å². The summed E-state index contributed by atoms with van der Waals surface area (Å²) in [6.45, 7) is 5.69. The Hall–Kier alpha value is -10.6. The van der Waals surface area contributed by atoms with E-state index in [1.165, 1.54) is 24.3 Å². The standard InChI is InChI=1S/C77H116N20O14S2/c78-58(13-1-4-44-87-75(112)90-60-18-24-65(99)25-19-60)55-80-38-7-9-40-82-67(101)30-35-77(92-71(105)34-50-110-52-54-111-53-51-109-49-33-70(104)85-46-48-97-72(106)28-29-73(97)107,36-31-68(102)83-41-10-8-39-81-56-62(93-79)14-2-6-45-88-76(113)91-61-20-26-66(100)27-21-61)37-32-69(103)84-42-11-12-47-96-57-63(94-95-96)15-3-5-43-86-74(108)89-59-16-22-64(98)23-17-59/h16-29,55-57,79-81,98-100H,1-15,30-54,78H2,(H,82,101)(H,83,102)(H,84,103)(H,85,104)(H,92,105)(H2,86,89,108)(H2,87,90,112)(H2,88,91,113)/b58-55-,62-56-,93-79?. The second-order valence-electron chi connectivity index (χ2n) is 26.9. The molecular formula is C77H116N20O14S2. The Kier molecular flexibility index (Phi) is 46.6. The van der Waals surface area contributed by atoms with E-state index in [2.05, 4.69) is 84.5 Å². The topological polar surface area (TPSA) is 478 Å². The summed E-state index contributed by atoms with van der Waals surface area (Å²) < 4.78 is 18.7. The number of nitrogens with one attached hydrogen (secondary N) is 14. The van der Waals surface area contributed by atoms with Gasteiger partial charge in [-0.2, -0.15) is 5.11 Å². The zero-order valence-corrected chi connectivity index (χ0v) is 66.2. The number of unbranched alkanes of at least 4 members (excludes halogenated alkanes) is 6. The number of phenols is 3. The highest BCUT2D eigenvalue weighted by Crippen LogP contribution is 2.27. The van der Waals surface area contributed by atoms with Gasteiger partial charge in [-0.15, -0.1) is 5.10 Å². The molecule has 113 heavy (non-hydrogen) atoms. The fraction of sp³-hybridized carbons (Fsp3) is 0.532. The van der Waals surface area contributed by atoms with Crippen LogP contribution in [-0.2, 0) is 60.7 Å². The number of urea groups is 1. The maximum atomic E-state index is 14.1. The first-order chi connectivity index (χ1) is 54.7. The van der Waals surface area contributed by atoms with Crippen LogP contribution in [0.5, 0.6) is 17.2 Å². The lowest BCUT2D eigenvalue weighted by atomic mass is 9.83. The highest BCUT2D eigenvalue weighted by Gasteiger charge is 2.34. The SMILES string of the molecule is N=N/C(=C\NCCCCNC(=O)CCC(CCC(=O)NCCCCN/C=C(\N)CCCCNC(=S)Nc1ccc(O)cc1)(CCC(=O)NCCCCn1cc(CCCCNC(=O)Nc2ccc(O)cc2)nn1)NC(=O)CCOCCOCCOCCC(=O)NCCN1C(=O)C=CC1=O)CCCCNC(=S)Nc1ccc(O)cc1. The number of amides is 9. The highest BCUT2D eigenvalue weighted by atomic mass is 32.1. The molecule has 1 aromatic heterocycles. The molecule has 0 fully saturated rings. The number of aromatic hydroxyl groups is 3. The van der Waals surface area contributed by atoms with Gasteiger partial charge in [0.15, 0.2) is 10.2 Å². The number of carbonyl (C=O) groups is 8. The summed E-state index contributed by atoms with van der Waals surface area (Å²) in [6, 6.07) is 19.1. The predicted molar refractivity (Wildman–Crippen MR) is 438 cm³/mol. The fourth-order valence-electron chi connectivity index (χ4n) is 11.2. The third-order valence-electron chi connectivity index (χ3n) is 17.6. The van der Waals surface area contributed by atoms with Gasteiger partial charge in [-0.05, 0) is 213 Å². The second-order valence-corrected chi connectivity index (χ2v) is 27.7. The summed E-state index contributed by atoms with van der Waals surface area (Å²) >= 11 is 10.7. The van der Waals surface area contributed by atoms with E-state index in [1.54, 1.807) is 77.7 Å². The average molecular weight is 1610 g/mol. The quantitative estimate of drug-likeness (QED) is 0.00741. The van der Waals surface area contributed by atoms with Gasteiger partial charge in [-0.3, -0.25) is 43.1 Å². The molecule has 36 heteroatoms. The number of aryl methyl sites for hydroxylation is 2. The first-order valence-electron chi connectivity index (χ1n) is 38.8. The van der Waals surface area contributed by atoms with Crippen LogP contribution in [0.15, 0.2) is 120 Å². The highest BCUT2D eigenvalue weighted by molar-refractivity contribution is 7.80. The molecule has 1 aliphatic rings. The van der Waals surface area contributed by atoms with Gasteiger partial charge in [-0.1, -0.05) is 5.21 Å². The number of benzene rings is 3. The summed E-state index contributed by atoms with van der Waals surface area (Å²) in [5.41, 5.74) is 17.0. The van der Waals surface area contributed by atoms with Crippen LogP contribution in [0, 0.1) is 5.53 Å². The Labute approximate surface area is 671 Å². The molecular weight excluding hydrogens is 1490 g/mol. The molecule has 5 rings (SSSR count). The van der Waals surface area contributed by atoms with Crippen LogP contribution in [0.2, 0.25) is 0 Å². The Morgan fingerprint density at radius 1 is 0.469 bits per heavy atom. The number of anilines is 3. The van der Waals surface area contributed by atoms with Gasteiger partial charge in [-0.25, -0.2) is 10.3 Å². The summed E-state index contributed by atoms with van der Waals surface area (Å²) in [6.07, 6.45) is 18.8. The van der Waals surface area contributed by atoms with E-state index in [0.29, 0.717) is 138 Å². The minimum Gasteiger partial charge on any atom is -0.508 e. The van der Waals surface area contributed by atoms with Crippen LogP contribution < -0.4 is 74.9 Å². The van der Waals surface area contributed by atoms with Gasteiger partial charge in [0.25, 0.3) is 11.8 Å². The van der Waals surface area contributed by atoms with E-state index in [0.717, 1.165) is 66.9 Å². The number of imide groups is 1. The lowest BCUT2D eigenvalue weighted by molar-refractivity contribution is -0.137. The van der Waals surface area contributed by atoms with Crippen molar-refractivity contribution in [3.8, 4) is 17.2 Å². The van der Waals surface area contributed by atoms with Crippen molar-refractivity contribution < 1.29 is 67.9 Å². The number of thiocarbonyl (C=S) groups is 2. The molecule has 3 aromatic carbocycles. The Bertz CT molecular complexity index is 3630. The number of hydrogen-bond acceptors (Lipinski definition) is 23. The number of carbonyl (C=O) groups excluding carboxylic acids is 8. The minimum absolute atomic E-state index is 0.0152. The molecule has 34 nitrogen and oxygen atoms in total. The molecule has 4 aromatic rings. The average Bonchev–Trinajstić information content (AvgIpc) is 1.62. The number of nitrogens with zero attached hydrogens (tertiary/aromatic N) is 5. The molecule has 1 unspecified atom stereocenters. The molecule has 19 N–H and O–H groups in total. The van der Waals surface area contributed by atoms with Crippen LogP contribution >= 0.6 is 24.4 Å². The number of phenolic OH excluding ortho intramolecular Hbond substituents is 3. The van der Waals surface area contributed by atoms with Crippen LogP contribution in [0.3, 0.4) is 0 Å². The number of nitrogens with two attached hydrogens (primary N) is 1. The van der Waals surface area contributed by atoms with Gasteiger partial charge < -0.3 is 104 Å². The van der Waals surface area contributed by atoms with Gasteiger partial charge in [0.05, 0.1) is 51.0 Å². The molecule has 0 radical (unpaired) electrons. The van der Waals surface area contributed by atoms with E-state index in [1.807, 2.05) is 6.20 Å². The summed E-state index contributed by atoms with van der Waals surface area (Å²) in [5.74, 6) is -1.90. The van der Waals surface area contributed by atoms with E-state index in [-0.39, 0.29) is 151 Å². The number of hydrogen-bond donors (Lipinski definition) is 18. The van der Waals surface area contributed by atoms with Crippen molar-refractivity contribution in [1.29, 1.82) is 5.53 Å². The van der Waals surface area contributed by atoms with Crippen molar-refractivity contribution in [3.05, 3.63) is 121 Å². The molecule has 0 bridgehead atoms. The monoisotopic (exact) mass is 1610 g/mol. The van der Waals surface area contributed by atoms with E-state index in [4.69, 9.17) is 49.9 Å². The maximum absolute atomic E-state index is 14.1. The van der Waals surface area contributed by atoms with Gasteiger partial charge in [0.2, 0.25) is 29.5 Å². The Morgan fingerprint density at radius 3 is 1.41 bits per heavy atom. The van der Waals surface area contributed by atoms with E-state index in [9.17, 15) is 53.7 Å². The summed E-state index contributed by atoms with van der Waals surface area (Å²) in [7, 11) is 0. The molecule has 0 spiro atoms. The predicted octanol–water partition coefficient (Wildman–Crippen LogP) is 6.46. The molecule has 0 saturated carbocycles. The van der Waals surface area contributed by atoms with Gasteiger partial charge in [0, 0.05) is 163 Å². The molecule has 620 valence electrons. The fourth-order valence-corrected chi connectivity index (χ4v) is 11.7. The molecule has 2 heterocycles. The zero-order valence-electron chi connectivity index (χ0n) is 64.6. The molecule has 0 saturated heterocycles. The number of allylic oxidation sites excluding steroid dienone is 2. The molecule has 1 atom stereocenters. The maximum Gasteiger partial charge on any atom is 0.319 e. The lowest BCUT2D eigenvalue weighted by Gasteiger charge is -2.35. The lowest BCUT2D eigenvalue weighted by Crippen LogP contribution is -2.50.